The zero-order valence-corrected chi connectivity index (χ0v) is 9.85. The fraction of sp³-hybridized carbons (Fsp3) is 0.462. The van der Waals surface area contributed by atoms with Crippen LogP contribution in [0.2, 0.25) is 0 Å². The van der Waals surface area contributed by atoms with Gasteiger partial charge < -0.3 is 15.2 Å². The monoisotopic (exact) mass is 235 g/mol. The minimum atomic E-state index is -0.757. The van der Waals surface area contributed by atoms with E-state index >= 15 is 0 Å². The van der Waals surface area contributed by atoms with Crippen LogP contribution in [-0.4, -0.2) is 30.8 Å². The number of rotatable bonds is 4. The average molecular weight is 235 g/mol. The van der Waals surface area contributed by atoms with Gasteiger partial charge in [0.25, 0.3) is 0 Å². The van der Waals surface area contributed by atoms with Crippen LogP contribution >= 0.6 is 0 Å². The van der Waals surface area contributed by atoms with Crippen molar-refractivity contribution < 1.29 is 14.6 Å². The highest BCUT2D eigenvalue weighted by molar-refractivity contribution is 5.73. The number of ether oxygens (including phenoxy) is 1. The first-order chi connectivity index (χ1) is 8.20. The number of methoxy groups -OCH3 is 1. The Morgan fingerprint density at radius 2 is 2.29 bits per heavy atom. The van der Waals surface area contributed by atoms with Crippen LogP contribution in [0.3, 0.4) is 0 Å². The van der Waals surface area contributed by atoms with Gasteiger partial charge in [-0.05, 0) is 36.9 Å². The number of nitrogens with one attached hydrogen (secondary N) is 1. The lowest BCUT2D eigenvalue weighted by Gasteiger charge is -2.12. The molecule has 0 aromatic heterocycles. The maximum atomic E-state index is 10.8. The molecule has 1 aliphatic heterocycles. The summed E-state index contributed by atoms with van der Waals surface area (Å²) < 4.78 is 5.29. The first-order valence-electron chi connectivity index (χ1n) is 5.78. The summed E-state index contributed by atoms with van der Waals surface area (Å²) in [6.45, 7) is 0.759. The summed E-state index contributed by atoms with van der Waals surface area (Å²) in [6, 6.07) is 7.50. The van der Waals surface area contributed by atoms with Crippen LogP contribution in [0, 0.1) is 5.92 Å². The third-order valence-corrected chi connectivity index (χ3v) is 3.22. The van der Waals surface area contributed by atoms with Crippen LogP contribution in [0.4, 0.5) is 0 Å². The maximum Gasteiger partial charge on any atom is 0.320 e. The van der Waals surface area contributed by atoms with Gasteiger partial charge in [-0.25, -0.2) is 0 Å². The lowest BCUT2D eigenvalue weighted by atomic mass is 9.96. The van der Waals surface area contributed by atoms with E-state index in [4.69, 9.17) is 9.84 Å². The predicted octanol–water partition coefficient (Wildman–Crippen LogP) is 1.30. The molecule has 1 aromatic rings. The summed E-state index contributed by atoms with van der Waals surface area (Å²) in [5, 5.41) is 11.9. The van der Waals surface area contributed by atoms with Crippen LogP contribution in [0.1, 0.15) is 12.0 Å². The van der Waals surface area contributed by atoms with E-state index in [1.807, 2.05) is 24.3 Å². The fourth-order valence-electron chi connectivity index (χ4n) is 2.34. The summed E-state index contributed by atoms with van der Waals surface area (Å²) in [5.41, 5.74) is 1.15. The van der Waals surface area contributed by atoms with Gasteiger partial charge in [0, 0.05) is 0 Å². The number of benzene rings is 1. The van der Waals surface area contributed by atoms with E-state index in [1.165, 1.54) is 0 Å². The molecule has 0 amide bonds. The highest BCUT2D eigenvalue weighted by Crippen LogP contribution is 2.25. The van der Waals surface area contributed by atoms with Gasteiger partial charge in [0.05, 0.1) is 7.11 Å². The van der Waals surface area contributed by atoms with Gasteiger partial charge in [-0.2, -0.15) is 0 Å². The molecule has 92 valence electrons. The van der Waals surface area contributed by atoms with E-state index in [1.54, 1.807) is 7.11 Å². The van der Waals surface area contributed by atoms with Crippen molar-refractivity contribution in [2.45, 2.75) is 18.9 Å². The standard InChI is InChI=1S/C13H17NO3/c1-17-12-5-3-2-4-10(12)6-9-7-11(13(15)16)14-8-9/h2-5,9,11,14H,6-8H2,1H3,(H,15,16)/t9?,11-/m0/s1. The normalized spacial score (nSPS) is 23.6. The second-order valence-corrected chi connectivity index (χ2v) is 4.42. The fourth-order valence-corrected chi connectivity index (χ4v) is 2.34. The smallest absolute Gasteiger partial charge is 0.320 e. The number of aliphatic carboxylic acids is 1. The van der Waals surface area contributed by atoms with Crippen LogP contribution in [0.5, 0.6) is 5.75 Å². The molecular weight excluding hydrogens is 218 g/mol. The van der Waals surface area contributed by atoms with E-state index in [0.717, 1.165) is 24.3 Å². The molecule has 2 N–H and O–H groups in total. The van der Waals surface area contributed by atoms with Crippen LogP contribution in [-0.2, 0) is 11.2 Å². The third kappa shape index (κ3) is 2.77. The highest BCUT2D eigenvalue weighted by Gasteiger charge is 2.29. The molecule has 0 spiro atoms. The summed E-state index contributed by atoms with van der Waals surface area (Å²) >= 11 is 0. The van der Waals surface area contributed by atoms with Crippen molar-refractivity contribution in [2.24, 2.45) is 5.92 Å². The molecule has 0 bridgehead atoms. The number of carboxylic acids is 1. The Hall–Kier alpha value is -1.55. The van der Waals surface area contributed by atoms with E-state index in [9.17, 15) is 4.79 Å². The lowest BCUT2D eigenvalue weighted by Crippen LogP contribution is -2.29. The van der Waals surface area contributed by atoms with Gasteiger partial charge >= 0.3 is 5.97 Å². The molecule has 2 atom stereocenters. The molecule has 0 radical (unpaired) electrons. The van der Waals surface area contributed by atoms with Gasteiger partial charge in [0.2, 0.25) is 0 Å². The molecule has 1 aromatic carbocycles. The van der Waals surface area contributed by atoms with Crippen LogP contribution in [0.15, 0.2) is 24.3 Å². The third-order valence-electron chi connectivity index (χ3n) is 3.22. The molecule has 1 fully saturated rings. The van der Waals surface area contributed by atoms with Crippen LogP contribution in [0.25, 0.3) is 0 Å². The van der Waals surface area contributed by atoms with Crippen molar-refractivity contribution in [1.29, 1.82) is 0 Å². The minimum Gasteiger partial charge on any atom is -0.496 e. The molecule has 2 rings (SSSR count). The number of para-hydroxylation sites is 1. The van der Waals surface area contributed by atoms with Crippen molar-refractivity contribution in [2.75, 3.05) is 13.7 Å². The van der Waals surface area contributed by atoms with Crippen LogP contribution < -0.4 is 10.1 Å². The van der Waals surface area contributed by atoms with E-state index in [2.05, 4.69) is 5.32 Å². The summed E-state index contributed by atoms with van der Waals surface area (Å²) in [5.74, 6) is 0.492. The maximum absolute atomic E-state index is 10.8. The lowest BCUT2D eigenvalue weighted by molar-refractivity contribution is -0.139. The molecule has 0 saturated carbocycles. The van der Waals surface area contributed by atoms with Gasteiger partial charge in [-0.1, -0.05) is 18.2 Å². The Balaban J connectivity index is 2.00. The zero-order chi connectivity index (χ0) is 12.3. The van der Waals surface area contributed by atoms with Crippen molar-refractivity contribution in [1.82, 2.24) is 5.32 Å². The number of carbonyl (C=O) groups is 1. The SMILES string of the molecule is COc1ccccc1CC1CN[C@H](C(=O)O)C1. The molecule has 0 aliphatic carbocycles. The Morgan fingerprint density at radius 3 is 2.94 bits per heavy atom. The van der Waals surface area contributed by atoms with Crippen molar-refractivity contribution in [3.63, 3.8) is 0 Å². The first kappa shape index (κ1) is 11.9. The molecule has 4 heteroatoms. The number of hydrogen-bond acceptors (Lipinski definition) is 3. The van der Waals surface area contributed by atoms with Gasteiger partial charge in [0.15, 0.2) is 0 Å². The molecule has 1 heterocycles. The van der Waals surface area contributed by atoms with Gasteiger partial charge in [0.1, 0.15) is 11.8 Å². The first-order valence-corrected chi connectivity index (χ1v) is 5.78. The largest absolute Gasteiger partial charge is 0.496 e. The average Bonchev–Trinajstić information content (AvgIpc) is 2.78. The Kier molecular flexibility index (Phi) is 3.64. The molecule has 1 saturated heterocycles. The molecular formula is C13H17NO3. The second-order valence-electron chi connectivity index (χ2n) is 4.42. The molecule has 17 heavy (non-hydrogen) atoms. The van der Waals surface area contributed by atoms with Crippen molar-refractivity contribution in [3.8, 4) is 5.75 Å². The van der Waals surface area contributed by atoms with Gasteiger partial charge in [-0.15, -0.1) is 0 Å². The van der Waals surface area contributed by atoms with E-state index in [0.29, 0.717) is 12.3 Å². The Morgan fingerprint density at radius 1 is 1.53 bits per heavy atom. The molecule has 1 unspecified atom stereocenters. The predicted molar refractivity (Wildman–Crippen MR) is 64.2 cm³/mol. The minimum absolute atomic E-state index is 0.368. The summed E-state index contributed by atoms with van der Waals surface area (Å²) in [4.78, 5) is 10.8. The highest BCUT2D eigenvalue weighted by atomic mass is 16.5. The topological polar surface area (TPSA) is 58.6 Å². The summed E-state index contributed by atoms with van der Waals surface area (Å²) in [7, 11) is 1.66. The van der Waals surface area contributed by atoms with E-state index in [-0.39, 0.29) is 0 Å². The quantitative estimate of drug-likeness (QED) is 0.826. The number of carboxylic acid groups (broad SMARTS) is 1. The van der Waals surface area contributed by atoms with Crippen molar-refractivity contribution >= 4 is 5.97 Å². The van der Waals surface area contributed by atoms with E-state index < -0.39 is 12.0 Å². The van der Waals surface area contributed by atoms with Crippen molar-refractivity contribution in [3.05, 3.63) is 29.8 Å². The Labute approximate surface area is 101 Å². The molecule has 1 aliphatic rings. The number of hydrogen-bond donors (Lipinski definition) is 2. The Bertz CT molecular complexity index is 405. The molecule has 4 nitrogen and oxygen atoms in total. The zero-order valence-electron chi connectivity index (χ0n) is 9.85. The van der Waals surface area contributed by atoms with Gasteiger partial charge in [-0.3, -0.25) is 4.79 Å². The second kappa shape index (κ2) is 5.19. The summed E-state index contributed by atoms with van der Waals surface area (Å²) in [6.07, 6.45) is 1.55.